The molecule has 88 valence electrons. The van der Waals surface area contributed by atoms with E-state index in [1.165, 1.54) is 4.88 Å². The highest BCUT2D eigenvalue weighted by Crippen LogP contribution is 2.21. The molecule has 0 spiro atoms. The lowest BCUT2D eigenvalue weighted by Crippen LogP contribution is -2.11. The molecule has 2 aromatic rings. The fraction of sp³-hybridized carbons (Fsp3) is 0.0833. The van der Waals surface area contributed by atoms with Gasteiger partial charge in [0.1, 0.15) is 0 Å². The molecule has 3 N–H and O–H groups in total. The minimum atomic E-state index is -0.410. The van der Waals surface area contributed by atoms with E-state index in [9.17, 15) is 4.79 Å². The van der Waals surface area contributed by atoms with Crippen molar-refractivity contribution < 1.29 is 4.79 Å². The number of primary amides is 1. The topological polar surface area (TPSA) is 55.1 Å². The van der Waals surface area contributed by atoms with Crippen molar-refractivity contribution in [1.82, 2.24) is 0 Å². The van der Waals surface area contributed by atoms with Gasteiger partial charge in [0.05, 0.1) is 0 Å². The van der Waals surface area contributed by atoms with Crippen LogP contribution in [0.25, 0.3) is 0 Å². The molecule has 0 atom stereocenters. The number of rotatable bonds is 4. The predicted molar refractivity (Wildman–Crippen MR) is 74.3 cm³/mol. The van der Waals surface area contributed by atoms with Gasteiger partial charge in [0.25, 0.3) is 0 Å². The molecule has 0 unspecified atom stereocenters. The van der Waals surface area contributed by atoms with E-state index in [2.05, 4.69) is 27.3 Å². The summed E-state index contributed by atoms with van der Waals surface area (Å²) < 4.78 is 1.09. The van der Waals surface area contributed by atoms with Gasteiger partial charge in [-0.3, -0.25) is 4.79 Å². The first-order valence-electron chi connectivity index (χ1n) is 5.02. The third kappa shape index (κ3) is 3.31. The van der Waals surface area contributed by atoms with Crippen molar-refractivity contribution in [2.24, 2.45) is 5.73 Å². The lowest BCUT2D eigenvalue weighted by atomic mass is 10.2. The van der Waals surface area contributed by atoms with E-state index >= 15 is 0 Å². The van der Waals surface area contributed by atoms with Gasteiger partial charge in [0.15, 0.2) is 0 Å². The van der Waals surface area contributed by atoms with Gasteiger partial charge in [-0.2, -0.15) is 0 Å². The average Bonchev–Trinajstić information content (AvgIpc) is 2.73. The maximum Gasteiger partial charge on any atom is 0.248 e. The van der Waals surface area contributed by atoms with E-state index in [4.69, 9.17) is 5.73 Å². The Morgan fingerprint density at radius 3 is 2.88 bits per heavy atom. The van der Waals surface area contributed by atoms with Crippen LogP contribution < -0.4 is 11.1 Å². The Morgan fingerprint density at radius 2 is 2.24 bits per heavy atom. The zero-order valence-corrected chi connectivity index (χ0v) is 11.3. The summed E-state index contributed by atoms with van der Waals surface area (Å²) in [5.74, 6) is -0.410. The third-order valence-corrected chi connectivity index (χ3v) is 3.93. The lowest BCUT2D eigenvalue weighted by molar-refractivity contribution is 0.100. The monoisotopic (exact) mass is 310 g/mol. The molecule has 0 aliphatic rings. The molecule has 0 fully saturated rings. The molecule has 0 aliphatic heterocycles. The number of benzene rings is 1. The molecule has 3 nitrogen and oxygen atoms in total. The van der Waals surface area contributed by atoms with Crippen LogP contribution in [0.15, 0.2) is 40.2 Å². The maximum atomic E-state index is 11.0. The van der Waals surface area contributed by atoms with E-state index in [0.717, 1.165) is 16.7 Å². The molecule has 0 radical (unpaired) electrons. The molecule has 0 saturated heterocycles. The lowest BCUT2D eigenvalue weighted by Gasteiger charge is -2.05. The number of thiophene rings is 1. The average molecular weight is 311 g/mol. The van der Waals surface area contributed by atoms with Gasteiger partial charge in [-0.05, 0) is 40.2 Å². The van der Waals surface area contributed by atoms with Gasteiger partial charge < -0.3 is 11.1 Å². The molecular formula is C12H11BrN2OS. The van der Waals surface area contributed by atoms with Crippen molar-refractivity contribution in [2.75, 3.05) is 5.32 Å². The first kappa shape index (κ1) is 12.1. The summed E-state index contributed by atoms with van der Waals surface area (Å²) in [5, 5.41) is 5.29. The van der Waals surface area contributed by atoms with Gasteiger partial charge >= 0.3 is 0 Å². The van der Waals surface area contributed by atoms with Crippen molar-refractivity contribution in [3.8, 4) is 0 Å². The number of hydrogen-bond donors (Lipinski definition) is 2. The van der Waals surface area contributed by atoms with Gasteiger partial charge in [-0.15, -0.1) is 11.3 Å². The maximum absolute atomic E-state index is 11.0. The Balaban J connectivity index is 2.04. The Kier molecular flexibility index (Phi) is 3.81. The molecule has 1 heterocycles. The van der Waals surface area contributed by atoms with E-state index in [0.29, 0.717) is 5.56 Å². The summed E-state index contributed by atoms with van der Waals surface area (Å²) in [6.45, 7) is 0.735. The highest BCUT2D eigenvalue weighted by atomic mass is 79.9. The molecule has 17 heavy (non-hydrogen) atoms. The molecule has 0 saturated carbocycles. The first-order chi connectivity index (χ1) is 8.15. The molecule has 0 bridgehead atoms. The van der Waals surface area contributed by atoms with Crippen molar-refractivity contribution in [1.29, 1.82) is 0 Å². The van der Waals surface area contributed by atoms with E-state index in [1.807, 2.05) is 17.5 Å². The fourth-order valence-electron chi connectivity index (χ4n) is 1.42. The Hall–Kier alpha value is -1.33. The molecule has 1 aromatic heterocycles. The Morgan fingerprint density at radius 1 is 1.41 bits per heavy atom. The van der Waals surface area contributed by atoms with Crippen LogP contribution in [0.2, 0.25) is 0 Å². The number of hydrogen-bond acceptors (Lipinski definition) is 3. The summed E-state index contributed by atoms with van der Waals surface area (Å²) in [6.07, 6.45) is 0. The molecule has 5 heteroatoms. The highest BCUT2D eigenvalue weighted by Gasteiger charge is 2.02. The van der Waals surface area contributed by atoms with Crippen molar-refractivity contribution >= 4 is 38.9 Å². The smallest absolute Gasteiger partial charge is 0.248 e. The SMILES string of the molecule is NC(=O)c1cccc(NCc2cc(Br)cs2)c1. The minimum Gasteiger partial charge on any atom is -0.380 e. The van der Waals surface area contributed by atoms with Gasteiger partial charge in [-0.1, -0.05) is 6.07 Å². The van der Waals surface area contributed by atoms with Crippen LogP contribution in [0.5, 0.6) is 0 Å². The summed E-state index contributed by atoms with van der Waals surface area (Å²) >= 11 is 5.09. The van der Waals surface area contributed by atoms with Gasteiger partial charge in [0.2, 0.25) is 5.91 Å². The second kappa shape index (κ2) is 5.33. The van der Waals surface area contributed by atoms with Crippen molar-refractivity contribution in [2.45, 2.75) is 6.54 Å². The third-order valence-electron chi connectivity index (χ3n) is 2.24. The predicted octanol–water partition coefficient (Wildman–Crippen LogP) is 3.22. The number of carbonyl (C=O) groups excluding carboxylic acids is 1. The zero-order valence-electron chi connectivity index (χ0n) is 8.94. The molecule has 1 amide bonds. The van der Waals surface area contributed by atoms with Crippen molar-refractivity contribution in [3.63, 3.8) is 0 Å². The second-order valence-corrected chi connectivity index (χ2v) is 5.44. The Bertz CT molecular complexity index is 539. The van der Waals surface area contributed by atoms with Crippen molar-refractivity contribution in [3.05, 3.63) is 50.6 Å². The first-order valence-corrected chi connectivity index (χ1v) is 6.69. The molecule has 2 rings (SSSR count). The second-order valence-electron chi connectivity index (χ2n) is 3.53. The van der Waals surface area contributed by atoms with E-state index in [-0.39, 0.29) is 0 Å². The quantitative estimate of drug-likeness (QED) is 0.911. The van der Waals surface area contributed by atoms with Crippen LogP contribution in [0, 0.1) is 0 Å². The molecular weight excluding hydrogens is 300 g/mol. The van der Waals surface area contributed by atoms with Gasteiger partial charge in [0, 0.05) is 32.5 Å². The fourth-order valence-corrected chi connectivity index (χ4v) is 2.81. The molecule has 1 aromatic carbocycles. The van der Waals surface area contributed by atoms with Gasteiger partial charge in [-0.25, -0.2) is 0 Å². The van der Waals surface area contributed by atoms with E-state index in [1.54, 1.807) is 23.5 Å². The zero-order chi connectivity index (χ0) is 12.3. The number of halogens is 1. The van der Waals surface area contributed by atoms with E-state index < -0.39 is 5.91 Å². The number of amides is 1. The highest BCUT2D eigenvalue weighted by molar-refractivity contribution is 9.10. The van der Waals surface area contributed by atoms with Crippen LogP contribution in [-0.4, -0.2) is 5.91 Å². The van der Waals surface area contributed by atoms with Crippen LogP contribution >= 0.6 is 27.3 Å². The van der Waals surface area contributed by atoms with Crippen LogP contribution in [0.3, 0.4) is 0 Å². The normalized spacial score (nSPS) is 10.2. The number of nitrogens with two attached hydrogens (primary N) is 1. The standard InChI is InChI=1S/C12H11BrN2OS/c13-9-5-11(17-7-9)6-15-10-3-1-2-8(4-10)12(14)16/h1-5,7,15H,6H2,(H2,14,16). The van der Waals surface area contributed by atoms with Crippen LogP contribution in [0.1, 0.15) is 15.2 Å². The largest absolute Gasteiger partial charge is 0.380 e. The number of anilines is 1. The number of nitrogens with one attached hydrogen (secondary N) is 1. The minimum absolute atomic E-state index is 0.410. The molecule has 0 aliphatic carbocycles. The summed E-state index contributed by atoms with van der Waals surface area (Å²) in [4.78, 5) is 12.2. The van der Waals surface area contributed by atoms with Crippen LogP contribution in [0.4, 0.5) is 5.69 Å². The summed E-state index contributed by atoms with van der Waals surface area (Å²) in [7, 11) is 0. The Labute approximate surface area is 112 Å². The van der Waals surface area contributed by atoms with Crippen LogP contribution in [-0.2, 0) is 6.54 Å². The summed E-state index contributed by atoms with van der Waals surface area (Å²) in [5.41, 5.74) is 6.63. The summed E-state index contributed by atoms with van der Waals surface area (Å²) in [6, 6.07) is 9.25. The number of carbonyl (C=O) groups is 1.